The Kier molecular flexibility index (Phi) is 8.03. The van der Waals surface area contributed by atoms with E-state index in [0.29, 0.717) is 31.3 Å². The van der Waals surface area contributed by atoms with E-state index in [1.165, 1.54) is 4.90 Å². The van der Waals surface area contributed by atoms with Gasteiger partial charge in [0.1, 0.15) is 0 Å². The van der Waals surface area contributed by atoms with E-state index < -0.39 is 0 Å². The fourth-order valence-electron chi connectivity index (χ4n) is 3.24. The van der Waals surface area contributed by atoms with Crippen molar-refractivity contribution in [2.24, 2.45) is 0 Å². The van der Waals surface area contributed by atoms with E-state index in [0.717, 1.165) is 24.2 Å². The Bertz CT molecular complexity index is 767. The molecule has 2 aromatic rings. The molecule has 2 amide bonds. The Hall–Kier alpha value is -1.73. The highest BCUT2D eigenvalue weighted by Gasteiger charge is 2.23. The number of rotatable bonds is 7. The Morgan fingerprint density at radius 3 is 2.61 bits per heavy atom. The molecule has 1 atom stereocenters. The molecule has 0 spiro atoms. The number of hydrogen-bond donors (Lipinski definition) is 2. The molecule has 0 bridgehead atoms. The van der Waals surface area contributed by atoms with Gasteiger partial charge in [-0.1, -0.05) is 35.9 Å². The largest absolute Gasteiger partial charge is 0.379 e. The van der Waals surface area contributed by atoms with Crippen LogP contribution < -0.4 is 10.6 Å². The molecule has 1 saturated heterocycles. The minimum absolute atomic E-state index is 0.0641. The van der Waals surface area contributed by atoms with E-state index in [4.69, 9.17) is 16.3 Å². The quantitative estimate of drug-likeness (QED) is 0.667. The van der Waals surface area contributed by atoms with Gasteiger partial charge in [0, 0.05) is 36.1 Å². The number of ether oxygens (including phenoxy) is 1. The molecule has 0 aliphatic carbocycles. The first kappa shape index (κ1) is 21.0. The summed E-state index contributed by atoms with van der Waals surface area (Å²) >= 11 is 7.89. The highest BCUT2D eigenvalue weighted by atomic mass is 35.5. The fraction of sp³-hybridized carbons (Fsp3) is 0.381. The van der Waals surface area contributed by atoms with Crippen molar-refractivity contribution in [2.75, 3.05) is 39.1 Å². The molecule has 0 saturated carbocycles. The van der Waals surface area contributed by atoms with Gasteiger partial charge in [0.25, 0.3) is 0 Å². The molecule has 2 aromatic carbocycles. The van der Waals surface area contributed by atoms with Gasteiger partial charge in [-0.25, -0.2) is 4.79 Å². The number of benzene rings is 2. The number of amides is 2. The molecule has 1 heterocycles. The molecule has 0 aromatic heterocycles. The van der Waals surface area contributed by atoms with Crippen LogP contribution in [0.5, 0.6) is 0 Å². The smallest absolute Gasteiger partial charge is 0.315 e. The number of nitrogens with zero attached hydrogens (tertiary/aromatic N) is 1. The average Bonchev–Trinajstić information content (AvgIpc) is 2.73. The predicted molar refractivity (Wildman–Crippen MR) is 115 cm³/mol. The SMILES string of the molecule is CSc1ccc(CNC(=O)NCC(c2cccc(Cl)c2)N2CCOCC2)cc1. The van der Waals surface area contributed by atoms with Crippen molar-refractivity contribution < 1.29 is 9.53 Å². The zero-order chi connectivity index (χ0) is 19.8. The molecule has 1 fully saturated rings. The second-order valence-corrected chi connectivity index (χ2v) is 7.95. The van der Waals surface area contributed by atoms with Crippen molar-refractivity contribution in [2.45, 2.75) is 17.5 Å². The summed E-state index contributed by atoms with van der Waals surface area (Å²) in [4.78, 5) is 15.9. The van der Waals surface area contributed by atoms with E-state index in [-0.39, 0.29) is 12.1 Å². The van der Waals surface area contributed by atoms with Crippen LogP contribution in [0.1, 0.15) is 17.2 Å². The summed E-state index contributed by atoms with van der Waals surface area (Å²) in [6.45, 7) is 4.09. The van der Waals surface area contributed by atoms with Gasteiger partial charge in [0.2, 0.25) is 0 Å². The van der Waals surface area contributed by atoms with Crippen molar-refractivity contribution in [3.8, 4) is 0 Å². The zero-order valence-electron chi connectivity index (χ0n) is 16.0. The second-order valence-electron chi connectivity index (χ2n) is 6.63. The van der Waals surface area contributed by atoms with Crippen molar-refractivity contribution in [1.29, 1.82) is 0 Å². The topological polar surface area (TPSA) is 53.6 Å². The molecule has 1 unspecified atom stereocenters. The number of halogens is 1. The van der Waals surface area contributed by atoms with Crippen molar-refractivity contribution in [3.05, 3.63) is 64.7 Å². The van der Waals surface area contributed by atoms with Crippen LogP contribution in [0.2, 0.25) is 5.02 Å². The predicted octanol–water partition coefficient (Wildman–Crippen LogP) is 3.93. The van der Waals surface area contributed by atoms with E-state index in [1.807, 2.05) is 36.6 Å². The summed E-state index contributed by atoms with van der Waals surface area (Å²) < 4.78 is 5.47. The molecule has 28 heavy (non-hydrogen) atoms. The maximum atomic E-state index is 12.3. The monoisotopic (exact) mass is 419 g/mol. The standard InChI is InChI=1S/C21H26ClN3O2S/c1-28-19-7-5-16(6-8-19)14-23-21(26)24-15-20(25-9-11-27-12-10-25)17-3-2-4-18(22)13-17/h2-8,13,20H,9-12,14-15H2,1H3,(H2,23,24,26). The maximum Gasteiger partial charge on any atom is 0.315 e. The van der Waals surface area contributed by atoms with Crippen molar-refractivity contribution >= 4 is 29.4 Å². The Balaban J connectivity index is 1.56. The third-order valence-electron chi connectivity index (χ3n) is 4.79. The number of nitrogens with one attached hydrogen (secondary N) is 2. The number of carbonyl (C=O) groups is 1. The summed E-state index contributed by atoms with van der Waals surface area (Å²) in [6, 6.07) is 15.9. The molecule has 150 valence electrons. The van der Waals surface area contributed by atoms with Gasteiger partial charge < -0.3 is 15.4 Å². The summed E-state index contributed by atoms with van der Waals surface area (Å²) in [7, 11) is 0. The highest BCUT2D eigenvalue weighted by Crippen LogP contribution is 2.24. The molecule has 1 aliphatic heterocycles. The third kappa shape index (κ3) is 6.14. The molecular formula is C21H26ClN3O2S. The van der Waals surface area contributed by atoms with Crippen LogP contribution in [0.4, 0.5) is 4.79 Å². The molecule has 0 radical (unpaired) electrons. The van der Waals surface area contributed by atoms with Gasteiger partial charge in [0.05, 0.1) is 19.3 Å². The summed E-state index contributed by atoms with van der Waals surface area (Å²) in [6.07, 6.45) is 2.05. The van der Waals surface area contributed by atoms with Crippen LogP contribution in [0, 0.1) is 0 Å². The van der Waals surface area contributed by atoms with Crippen LogP contribution in [0.15, 0.2) is 53.4 Å². The van der Waals surface area contributed by atoms with Gasteiger partial charge in [-0.2, -0.15) is 0 Å². The molecule has 7 heteroatoms. The van der Waals surface area contributed by atoms with E-state index in [1.54, 1.807) is 11.8 Å². The van der Waals surface area contributed by atoms with Crippen molar-refractivity contribution in [3.63, 3.8) is 0 Å². The van der Waals surface area contributed by atoms with Gasteiger partial charge >= 0.3 is 6.03 Å². The first-order valence-corrected chi connectivity index (χ1v) is 11.0. The lowest BCUT2D eigenvalue weighted by atomic mass is 10.0. The maximum absolute atomic E-state index is 12.3. The first-order chi connectivity index (χ1) is 13.7. The lowest BCUT2D eigenvalue weighted by molar-refractivity contribution is 0.0167. The van der Waals surface area contributed by atoms with E-state index in [9.17, 15) is 4.79 Å². The van der Waals surface area contributed by atoms with Gasteiger partial charge in [-0.3, -0.25) is 4.90 Å². The lowest BCUT2D eigenvalue weighted by Gasteiger charge is -2.35. The summed E-state index contributed by atoms with van der Waals surface area (Å²) in [5, 5.41) is 6.65. The molecular weight excluding hydrogens is 394 g/mol. The summed E-state index contributed by atoms with van der Waals surface area (Å²) in [5.41, 5.74) is 2.18. The Morgan fingerprint density at radius 1 is 1.18 bits per heavy atom. The van der Waals surface area contributed by atoms with Crippen LogP contribution in [-0.2, 0) is 11.3 Å². The highest BCUT2D eigenvalue weighted by molar-refractivity contribution is 7.98. The Labute approximate surface area is 175 Å². The number of hydrogen-bond acceptors (Lipinski definition) is 4. The van der Waals surface area contributed by atoms with Crippen LogP contribution in [0.3, 0.4) is 0 Å². The fourth-order valence-corrected chi connectivity index (χ4v) is 3.85. The van der Waals surface area contributed by atoms with Gasteiger partial charge in [0.15, 0.2) is 0 Å². The normalized spacial score (nSPS) is 15.8. The van der Waals surface area contributed by atoms with E-state index >= 15 is 0 Å². The van der Waals surface area contributed by atoms with Crippen LogP contribution in [0.25, 0.3) is 0 Å². The first-order valence-electron chi connectivity index (χ1n) is 9.37. The number of carbonyl (C=O) groups excluding carboxylic acids is 1. The third-order valence-corrected chi connectivity index (χ3v) is 5.77. The Morgan fingerprint density at radius 2 is 1.93 bits per heavy atom. The summed E-state index contributed by atoms with van der Waals surface area (Å²) in [5.74, 6) is 0. The number of urea groups is 1. The molecule has 5 nitrogen and oxygen atoms in total. The van der Waals surface area contributed by atoms with Gasteiger partial charge in [-0.05, 0) is 41.6 Å². The second kappa shape index (κ2) is 10.7. The minimum atomic E-state index is -0.172. The van der Waals surface area contributed by atoms with E-state index in [2.05, 4.69) is 33.7 Å². The van der Waals surface area contributed by atoms with Crippen LogP contribution in [-0.4, -0.2) is 50.0 Å². The number of morpholine rings is 1. The molecule has 2 N–H and O–H groups in total. The minimum Gasteiger partial charge on any atom is -0.379 e. The zero-order valence-corrected chi connectivity index (χ0v) is 17.6. The van der Waals surface area contributed by atoms with Crippen LogP contribution >= 0.6 is 23.4 Å². The molecule has 1 aliphatic rings. The van der Waals surface area contributed by atoms with Gasteiger partial charge in [-0.15, -0.1) is 11.8 Å². The lowest BCUT2D eigenvalue weighted by Crippen LogP contribution is -2.45. The van der Waals surface area contributed by atoms with Crippen molar-refractivity contribution in [1.82, 2.24) is 15.5 Å². The number of thioether (sulfide) groups is 1. The average molecular weight is 420 g/mol. The molecule has 3 rings (SSSR count).